The zero-order valence-corrected chi connectivity index (χ0v) is 11.3. The number of hydrogen-bond donors (Lipinski definition) is 1. The van der Waals surface area contributed by atoms with Crippen molar-refractivity contribution in [2.45, 2.75) is 26.3 Å². The lowest BCUT2D eigenvalue weighted by Gasteiger charge is -2.18. The Kier molecular flexibility index (Phi) is 5.89. The maximum atomic E-state index is 12.5. The molecule has 5 heteroatoms. The molecule has 0 heterocycles. The zero-order chi connectivity index (χ0) is 14.4. The van der Waals surface area contributed by atoms with E-state index in [9.17, 15) is 13.6 Å². The summed E-state index contributed by atoms with van der Waals surface area (Å²) in [6.07, 6.45) is -2.51. The predicted molar refractivity (Wildman–Crippen MR) is 69.0 cm³/mol. The van der Waals surface area contributed by atoms with Crippen molar-refractivity contribution in [2.24, 2.45) is 5.92 Å². The van der Waals surface area contributed by atoms with Crippen molar-refractivity contribution in [3.8, 4) is 0 Å². The average molecular weight is 271 g/mol. The molecule has 1 rings (SSSR count). The quantitative estimate of drug-likeness (QED) is 0.808. The third kappa shape index (κ3) is 4.59. The molecule has 0 aliphatic heterocycles. The molecule has 0 aliphatic rings. The monoisotopic (exact) mass is 271 g/mol. The summed E-state index contributed by atoms with van der Waals surface area (Å²) in [4.78, 5) is 11.7. The van der Waals surface area contributed by atoms with Crippen LogP contribution in [0.25, 0.3) is 0 Å². The highest BCUT2D eigenvalue weighted by Crippen LogP contribution is 2.22. The Balaban J connectivity index is 2.87. The first-order valence-electron chi connectivity index (χ1n) is 6.15. The molecule has 1 atom stereocenters. The van der Waals surface area contributed by atoms with Gasteiger partial charge < -0.3 is 10.1 Å². The molecule has 0 amide bonds. The lowest BCUT2D eigenvalue weighted by Crippen LogP contribution is -2.32. The molecule has 0 aromatic heterocycles. The molecule has 106 valence electrons. The second kappa shape index (κ2) is 7.19. The second-order valence-corrected chi connectivity index (χ2v) is 4.73. The maximum absolute atomic E-state index is 12.5. The summed E-state index contributed by atoms with van der Waals surface area (Å²) in [7, 11) is 1.31. The highest BCUT2D eigenvalue weighted by molar-refractivity contribution is 5.77. The van der Waals surface area contributed by atoms with Crippen molar-refractivity contribution in [1.29, 1.82) is 0 Å². The van der Waals surface area contributed by atoms with E-state index in [4.69, 9.17) is 4.74 Å². The van der Waals surface area contributed by atoms with Crippen LogP contribution >= 0.6 is 0 Å². The number of alkyl halides is 2. The summed E-state index contributed by atoms with van der Waals surface area (Å²) >= 11 is 0. The van der Waals surface area contributed by atoms with Crippen molar-refractivity contribution in [2.75, 3.05) is 13.7 Å². The Bertz CT molecular complexity index is 404. The van der Waals surface area contributed by atoms with Crippen LogP contribution in [0, 0.1) is 5.92 Å². The molecule has 0 radical (unpaired) electrons. The summed E-state index contributed by atoms with van der Waals surface area (Å²) in [6.45, 7) is 4.67. The summed E-state index contributed by atoms with van der Waals surface area (Å²) in [5.74, 6) is -0.0575. The number of methoxy groups -OCH3 is 1. The number of halogens is 2. The molecule has 3 nitrogen and oxygen atoms in total. The number of nitrogens with one attached hydrogen (secondary N) is 1. The first-order chi connectivity index (χ1) is 8.95. The number of carbonyl (C=O) groups is 1. The topological polar surface area (TPSA) is 38.3 Å². The van der Waals surface area contributed by atoms with E-state index >= 15 is 0 Å². The van der Waals surface area contributed by atoms with E-state index in [1.807, 2.05) is 13.8 Å². The van der Waals surface area contributed by atoms with Crippen LogP contribution in [0.2, 0.25) is 0 Å². The molecule has 19 heavy (non-hydrogen) atoms. The van der Waals surface area contributed by atoms with Crippen LogP contribution in [-0.2, 0) is 9.53 Å². The van der Waals surface area contributed by atoms with Crippen molar-refractivity contribution in [1.82, 2.24) is 5.32 Å². The first kappa shape index (κ1) is 15.6. The molecular weight excluding hydrogens is 252 g/mol. The van der Waals surface area contributed by atoms with Gasteiger partial charge in [0, 0.05) is 5.56 Å². The number of hydrogen-bond acceptors (Lipinski definition) is 3. The molecule has 1 aromatic carbocycles. The minimum Gasteiger partial charge on any atom is -0.468 e. The number of esters is 1. The second-order valence-electron chi connectivity index (χ2n) is 4.73. The molecule has 0 saturated heterocycles. The van der Waals surface area contributed by atoms with Crippen molar-refractivity contribution in [3.05, 3.63) is 35.4 Å². The highest BCUT2D eigenvalue weighted by atomic mass is 19.3. The third-order valence-corrected chi connectivity index (χ3v) is 2.69. The van der Waals surface area contributed by atoms with Crippen LogP contribution in [0.4, 0.5) is 8.78 Å². The third-order valence-electron chi connectivity index (χ3n) is 2.69. The van der Waals surface area contributed by atoms with Gasteiger partial charge in [-0.2, -0.15) is 0 Å². The summed E-state index contributed by atoms with van der Waals surface area (Å²) in [5, 5.41) is 3.07. The average Bonchev–Trinajstić information content (AvgIpc) is 2.38. The fraction of sp³-hybridized carbons (Fsp3) is 0.500. The van der Waals surface area contributed by atoms with Crippen molar-refractivity contribution < 1.29 is 18.3 Å². The Morgan fingerprint density at radius 3 is 2.16 bits per heavy atom. The summed E-state index contributed by atoms with van der Waals surface area (Å²) in [6, 6.07) is 5.08. The number of carbonyl (C=O) groups excluding carboxylic acids is 1. The van der Waals surface area contributed by atoms with Crippen molar-refractivity contribution >= 4 is 5.97 Å². The molecule has 0 aliphatic carbocycles. The van der Waals surface area contributed by atoms with Gasteiger partial charge in [-0.1, -0.05) is 38.1 Å². The van der Waals surface area contributed by atoms with Crippen LogP contribution in [-0.4, -0.2) is 19.6 Å². The minimum absolute atomic E-state index is 0.0591. The molecule has 1 unspecified atom stereocenters. The van der Waals surface area contributed by atoms with E-state index in [-0.39, 0.29) is 5.56 Å². The van der Waals surface area contributed by atoms with E-state index in [0.29, 0.717) is 18.0 Å². The molecule has 0 spiro atoms. The van der Waals surface area contributed by atoms with E-state index in [2.05, 4.69) is 5.32 Å². The van der Waals surface area contributed by atoms with Gasteiger partial charge in [0.2, 0.25) is 0 Å². The van der Waals surface area contributed by atoms with Gasteiger partial charge in [0.05, 0.1) is 7.11 Å². The van der Waals surface area contributed by atoms with Crippen LogP contribution < -0.4 is 5.32 Å². The molecule has 0 fully saturated rings. The predicted octanol–water partition coefficient (Wildman–Crippen LogP) is 3.08. The van der Waals surface area contributed by atoms with E-state index in [0.717, 1.165) is 0 Å². The van der Waals surface area contributed by atoms with Gasteiger partial charge in [0.1, 0.15) is 6.04 Å². The van der Waals surface area contributed by atoms with Crippen LogP contribution in [0.5, 0.6) is 0 Å². The largest absolute Gasteiger partial charge is 0.468 e. The zero-order valence-electron chi connectivity index (χ0n) is 11.3. The number of rotatable bonds is 6. The minimum atomic E-state index is -2.51. The lowest BCUT2D eigenvalue weighted by molar-refractivity contribution is -0.143. The maximum Gasteiger partial charge on any atom is 0.327 e. The van der Waals surface area contributed by atoms with Gasteiger partial charge in [-0.25, -0.2) is 13.6 Å². The summed E-state index contributed by atoms with van der Waals surface area (Å²) < 4.78 is 29.7. The van der Waals surface area contributed by atoms with Crippen LogP contribution in [0.15, 0.2) is 24.3 Å². The fourth-order valence-corrected chi connectivity index (χ4v) is 1.64. The van der Waals surface area contributed by atoms with E-state index in [1.165, 1.54) is 31.4 Å². The molecule has 1 aromatic rings. The van der Waals surface area contributed by atoms with Crippen LogP contribution in [0.1, 0.15) is 37.4 Å². The fourth-order valence-electron chi connectivity index (χ4n) is 1.64. The van der Waals surface area contributed by atoms with Gasteiger partial charge in [-0.3, -0.25) is 0 Å². The van der Waals surface area contributed by atoms with Gasteiger partial charge >= 0.3 is 5.97 Å². The number of benzene rings is 1. The molecule has 0 saturated carbocycles. The Hall–Kier alpha value is -1.49. The van der Waals surface area contributed by atoms with Gasteiger partial charge in [-0.05, 0) is 18.0 Å². The van der Waals surface area contributed by atoms with Gasteiger partial charge in [0.15, 0.2) is 0 Å². The van der Waals surface area contributed by atoms with Crippen molar-refractivity contribution in [3.63, 3.8) is 0 Å². The van der Waals surface area contributed by atoms with E-state index < -0.39 is 18.4 Å². The number of ether oxygens (including phenoxy) is 1. The standard InChI is InChI=1S/C14H19F2NO2/c1-9(2)8-17-12(14(18)19-3)10-4-6-11(7-5-10)13(15)16/h4-7,9,12-13,17H,8H2,1-3H3. The Labute approximate surface area is 112 Å². The van der Waals surface area contributed by atoms with Gasteiger partial charge in [-0.15, -0.1) is 0 Å². The Morgan fingerprint density at radius 1 is 1.21 bits per heavy atom. The normalized spacial score (nSPS) is 12.8. The SMILES string of the molecule is COC(=O)C(NCC(C)C)c1ccc(C(F)F)cc1. The Morgan fingerprint density at radius 2 is 1.74 bits per heavy atom. The highest BCUT2D eigenvalue weighted by Gasteiger charge is 2.21. The summed E-state index contributed by atoms with van der Waals surface area (Å²) in [5.41, 5.74) is 0.563. The van der Waals surface area contributed by atoms with E-state index in [1.54, 1.807) is 0 Å². The first-order valence-corrected chi connectivity index (χ1v) is 6.15. The van der Waals surface area contributed by atoms with Gasteiger partial charge in [0.25, 0.3) is 6.43 Å². The molecule has 1 N–H and O–H groups in total. The lowest BCUT2D eigenvalue weighted by atomic mass is 10.0. The smallest absolute Gasteiger partial charge is 0.327 e. The molecule has 0 bridgehead atoms. The molecular formula is C14H19F2NO2. The van der Waals surface area contributed by atoms with Crippen LogP contribution in [0.3, 0.4) is 0 Å².